The molecule has 0 saturated carbocycles. The first-order valence-electron chi connectivity index (χ1n) is 11.6. The Bertz CT molecular complexity index is 1230. The van der Waals surface area contributed by atoms with Crippen molar-refractivity contribution >= 4 is 23.5 Å². The maximum atomic E-state index is 13.4. The van der Waals surface area contributed by atoms with Crippen molar-refractivity contribution in [2.75, 3.05) is 26.1 Å². The SMILES string of the molecule is COC(=O)COc1ccc2c(c1)CN(C(=O)Cc1ccccc1)[C@H](C(=O)Nc1ccc(OC)cc1)C2. The van der Waals surface area contributed by atoms with Gasteiger partial charge in [-0.15, -0.1) is 0 Å². The van der Waals surface area contributed by atoms with Gasteiger partial charge in [0.2, 0.25) is 11.8 Å². The summed E-state index contributed by atoms with van der Waals surface area (Å²) in [6, 6.07) is 21.2. The van der Waals surface area contributed by atoms with Crippen molar-refractivity contribution in [3.63, 3.8) is 0 Å². The van der Waals surface area contributed by atoms with Gasteiger partial charge in [-0.1, -0.05) is 36.4 Å². The summed E-state index contributed by atoms with van der Waals surface area (Å²) in [5, 5.41) is 2.93. The van der Waals surface area contributed by atoms with Gasteiger partial charge in [0.25, 0.3) is 0 Å². The first kappa shape index (κ1) is 24.8. The highest BCUT2D eigenvalue weighted by molar-refractivity contribution is 5.98. The smallest absolute Gasteiger partial charge is 0.343 e. The molecule has 2 amide bonds. The fourth-order valence-electron chi connectivity index (χ4n) is 4.12. The topological polar surface area (TPSA) is 94.2 Å². The Morgan fingerprint density at radius 2 is 1.64 bits per heavy atom. The lowest BCUT2D eigenvalue weighted by molar-refractivity contribution is -0.142. The average Bonchev–Trinajstić information content (AvgIpc) is 2.91. The number of carbonyl (C=O) groups is 3. The third-order valence-electron chi connectivity index (χ3n) is 6.07. The summed E-state index contributed by atoms with van der Waals surface area (Å²) in [6.45, 7) is 0.0377. The molecule has 8 nitrogen and oxygen atoms in total. The van der Waals surface area contributed by atoms with E-state index in [0.717, 1.165) is 16.7 Å². The van der Waals surface area contributed by atoms with Crippen molar-refractivity contribution in [1.82, 2.24) is 4.90 Å². The molecule has 1 aliphatic rings. The number of amides is 2. The van der Waals surface area contributed by atoms with Gasteiger partial charge in [0.05, 0.1) is 20.6 Å². The lowest BCUT2D eigenvalue weighted by Gasteiger charge is -2.36. The molecule has 0 saturated heterocycles. The van der Waals surface area contributed by atoms with E-state index in [-0.39, 0.29) is 31.4 Å². The summed E-state index contributed by atoms with van der Waals surface area (Å²) in [7, 11) is 2.88. The molecule has 0 bridgehead atoms. The number of fused-ring (bicyclic) bond motifs is 1. The molecular weight excluding hydrogens is 460 g/mol. The average molecular weight is 489 g/mol. The van der Waals surface area contributed by atoms with Gasteiger partial charge in [-0.05, 0) is 53.1 Å². The molecule has 36 heavy (non-hydrogen) atoms. The van der Waals surface area contributed by atoms with Crippen molar-refractivity contribution in [3.8, 4) is 11.5 Å². The van der Waals surface area contributed by atoms with E-state index >= 15 is 0 Å². The van der Waals surface area contributed by atoms with Gasteiger partial charge in [0, 0.05) is 18.7 Å². The highest BCUT2D eigenvalue weighted by Gasteiger charge is 2.35. The van der Waals surface area contributed by atoms with Crippen LogP contribution in [0.5, 0.6) is 11.5 Å². The van der Waals surface area contributed by atoms with Crippen LogP contribution in [-0.2, 0) is 38.5 Å². The standard InChI is InChI=1S/C28H28N2O6/c1-34-23-12-9-22(10-13-23)29-28(33)25-16-20-8-11-24(36-18-27(32)35-2)15-21(20)17-30(25)26(31)14-19-6-4-3-5-7-19/h3-13,15,25H,14,16-18H2,1-2H3,(H,29,33)/t25-/m0/s1. The van der Waals surface area contributed by atoms with Gasteiger partial charge < -0.3 is 24.4 Å². The molecule has 3 aromatic rings. The molecule has 1 heterocycles. The predicted molar refractivity (Wildman–Crippen MR) is 134 cm³/mol. The third kappa shape index (κ3) is 6.02. The molecule has 0 fully saturated rings. The van der Waals surface area contributed by atoms with E-state index in [1.807, 2.05) is 36.4 Å². The van der Waals surface area contributed by atoms with Crippen molar-refractivity contribution in [2.24, 2.45) is 0 Å². The van der Waals surface area contributed by atoms with Crippen molar-refractivity contribution in [3.05, 3.63) is 89.5 Å². The Morgan fingerprint density at radius 3 is 2.33 bits per heavy atom. The summed E-state index contributed by atoms with van der Waals surface area (Å²) in [4.78, 5) is 39.8. The van der Waals surface area contributed by atoms with Crippen molar-refractivity contribution < 1.29 is 28.6 Å². The van der Waals surface area contributed by atoms with Crippen LogP contribution in [0.3, 0.4) is 0 Å². The minimum Gasteiger partial charge on any atom is -0.497 e. The van der Waals surface area contributed by atoms with Gasteiger partial charge >= 0.3 is 5.97 Å². The summed E-state index contributed by atoms with van der Waals surface area (Å²) in [5.74, 6) is 0.281. The van der Waals surface area contributed by atoms with Gasteiger partial charge in [0.1, 0.15) is 17.5 Å². The maximum Gasteiger partial charge on any atom is 0.343 e. The first-order valence-corrected chi connectivity index (χ1v) is 11.6. The van der Waals surface area contributed by atoms with Crippen LogP contribution in [0.15, 0.2) is 72.8 Å². The summed E-state index contributed by atoms with van der Waals surface area (Å²) < 4.78 is 15.3. The van der Waals surface area contributed by atoms with E-state index in [0.29, 0.717) is 23.6 Å². The molecule has 0 aromatic heterocycles. The minimum absolute atomic E-state index is 0.150. The van der Waals surface area contributed by atoms with Gasteiger partial charge in [0.15, 0.2) is 6.61 Å². The number of nitrogens with one attached hydrogen (secondary N) is 1. The second kappa shape index (κ2) is 11.4. The summed E-state index contributed by atoms with van der Waals surface area (Å²) >= 11 is 0. The molecule has 3 aromatic carbocycles. The van der Waals surface area contributed by atoms with Gasteiger partial charge in [-0.25, -0.2) is 4.79 Å². The molecule has 8 heteroatoms. The Morgan fingerprint density at radius 1 is 0.917 bits per heavy atom. The Kier molecular flexibility index (Phi) is 7.85. The lowest BCUT2D eigenvalue weighted by Crippen LogP contribution is -2.51. The van der Waals surface area contributed by atoms with Crippen molar-refractivity contribution in [1.29, 1.82) is 0 Å². The Balaban J connectivity index is 1.57. The zero-order valence-electron chi connectivity index (χ0n) is 20.2. The number of anilines is 1. The molecular formula is C28H28N2O6. The number of hydrogen-bond acceptors (Lipinski definition) is 6. The second-order valence-corrected chi connectivity index (χ2v) is 8.42. The van der Waals surface area contributed by atoms with Crippen LogP contribution < -0.4 is 14.8 Å². The molecule has 0 unspecified atom stereocenters. The lowest BCUT2D eigenvalue weighted by atomic mass is 9.92. The number of carbonyl (C=O) groups excluding carboxylic acids is 3. The van der Waals surface area contributed by atoms with E-state index in [1.54, 1.807) is 48.4 Å². The highest BCUT2D eigenvalue weighted by atomic mass is 16.6. The second-order valence-electron chi connectivity index (χ2n) is 8.42. The molecule has 1 N–H and O–H groups in total. The number of methoxy groups -OCH3 is 2. The zero-order valence-corrected chi connectivity index (χ0v) is 20.2. The zero-order chi connectivity index (χ0) is 25.5. The monoisotopic (exact) mass is 488 g/mol. The maximum absolute atomic E-state index is 13.4. The number of hydrogen-bond donors (Lipinski definition) is 1. The van der Waals surface area contributed by atoms with Crippen LogP contribution >= 0.6 is 0 Å². The molecule has 0 aliphatic carbocycles. The Hall–Kier alpha value is -4.33. The molecule has 4 rings (SSSR count). The number of ether oxygens (including phenoxy) is 3. The van der Waals surface area contributed by atoms with E-state index in [1.165, 1.54) is 7.11 Å². The molecule has 1 aliphatic heterocycles. The van der Waals surface area contributed by atoms with E-state index in [9.17, 15) is 14.4 Å². The highest BCUT2D eigenvalue weighted by Crippen LogP contribution is 2.29. The molecule has 0 radical (unpaired) electrons. The molecule has 1 atom stereocenters. The first-order chi connectivity index (χ1) is 17.5. The van der Waals surface area contributed by atoms with Crippen LogP contribution in [0.25, 0.3) is 0 Å². The predicted octanol–water partition coefficient (Wildman–Crippen LogP) is 3.38. The van der Waals surface area contributed by atoms with Gasteiger partial charge in [-0.2, -0.15) is 0 Å². The number of benzene rings is 3. The molecule has 186 valence electrons. The molecule has 0 spiro atoms. The quantitative estimate of drug-likeness (QED) is 0.489. The fourth-order valence-corrected chi connectivity index (χ4v) is 4.12. The van der Waals surface area contributed by atoms with E-state index in [2.05, 4.69) is 10.1 Å². The van der Waals surface area contributed by atoms with Crippen LogP contribution in [0.2, 0.25) is 0 Å². The number of rotatable bonds is 8. The minimum atomic E-state index is -0.683. The van der Waals surface area contributed by atoms with Crippen LogP contribution in [0.1, 0.15) is 16.7 Å². The summed E-state index contributed by atoms with van der Waals surface area (Å²) in [5.41, 5.74) is 3.30. The fraction of sp³-hybridized carbons (Fsp3) is 0.250. The largest absolute Gasteiger partial charge is 0.497 e. The van der Waals surface area contributed by atoms with Crippen molar-refractivity contribution in [2.45, 2.75) is 25.4 Å². The third-order valence-corrected chi connectivity index (χ3v) is 6.07. The van der Waals surface area contributed by atoms with Crippen LogP contribution in [0.4, 0.5) is 5.69 Å². The van der Waals surface area contributed by atoms with E-state index < -0.39 is 12.0 Å². The summed E-state index contributed by atoms with van der Waals surface area (Å²) in [6.07, 6.45) is 0.538. The Labute approximate surface area is 209 Å². The number of esters is 1. The van der Waals surface area contributed by atoms with Crippen LogP contribution in [0, 0.1) is 0 Å². The van der Waals surface area contributed by atoms with E-state index in [4.69, 9.17) is 9.47 Å². The normalized spacial score (nSPS) is 14.4. The number of nitrogens with zero attached hydrogens (tertiary/aromatic N) is 1. The van der Waals surface area contributed by atoms with Gasteiger partial charge in [-0.3, -0.25) is 9.59 Å². The van der Waals surface area contributed by atoms with Crippen LogP contribution in [-0.4, -0.2) is 49.6 Å².